The van der Waals surface area contributed by atoms with Gasteiger partial charge in [-0.1, -0.05) is 43.0 Å². The molecule has 4 aromatic rings. The summed E-state index contributed by atoms with van der Waals surface area (Å²) < 4.78 is 1.98. The minimum Gasteiger partial charge on any atom is -0.370 e. The van der Waals surface area contributed by atoms with Gasteiger partial charge in [-0.2, -0.15) is 0 Å². The summed E-state index contributed by atoms with van der Waals surface area (Å²) in [7, 11) is 0. The zero-order chi connectivity index (χ0) is 17.9. The first-order valence-corrected chi connectivity index (χ1v) is 8.18. The minimum absolute atomic E-state index is 0.718. The summed E-state index contributed by atoms with van der Waals surface area (Å²) in [5.41, 5.74) is 4.07. The van der Waals surface area contributed by atoms with Crippen molar-refractivity contribution in [2.75, 3.05) is 5.32 Å². The Balaban J connectivity index is 1.91. The Labute approximate surface area is 150 Å². The number of anilines is 1. The van der Waals surface area contributed by atoms with Gasteiger partial charge in [0.2, 0.25) is 0 Å². The van der Waals surface area contributed by atoms with Crippen LogP contribution in [0, 0.1) is 0 Å². The third-order valence-electron chi connectivity index (χ3n) is 4.00. The SMILES string of the molecule is C=CC(O)Nc1cccc(-n2c(-c3ccccc3)nc3cncnc32)c1. The van der Waals surface area contributed by atoms with Crippen molar-refractivity contribution in [3.05, 3.63) is 79.8 Å². The number of hydrogen-bond acceptors (Lipinski definition) is 5. The van der Waals surface area contributed by atoms with Crippen molar-refractivity contribution in [2.45, 2.75) is 6.23 Å². The standard InChI is InChI=1S/C20H17N5O/c1-2-18(26)23-15-9-6-10-16(11-15)25-19(14-7-4-3-5-8-14)24-17-12-21-13-22-20(17)25/h2-13,18,23,26H,1H2. The fourth-order valence-electron chi connectivity index (χ4n) is 2.82. The molecule has 6 nitrogen and oxygen atoms in total. The van der Waals surface area contributed by atoms with E-state index in [0.717, 1.165) is 33.9 Å². The lowest BCUT2D eigenvalue weighted by molar-refractivity contribution is 0.253. The zero-order valence-electron chi connectivity index (χ0n) is 13.9. The molecule has 2 heterocycles. The van der Waals surface area contributed by atoms with Gasteiger partial charge in [-0.05, 0) is 24.3 Å². The Morgan fingerprint density at radius 2 is 1.96 bits per heavy atom. The maximum Gasteiger partial charge on any atom is 0.168 e. The summed E-state index contributed by atoms with van der Waals surface area (Å²) in [6.45, 7) is 3.58. The summed E-state index contributed by atoms with van der Waals surface area (Å²) >= 11 is 0. The van der Waals surface area contributed by atoms with Gasteiger partial charge in [0.1, 0.15) is 23.9 Å². The molecule has 0 saturated heterocycles. The van der Waals surface area contributed by atoms with Crippen molar-refractivity contribution < 1.29 is 5.11 Å². The summed E-state index contributed by atoms with van der Waals surface area (Å²) in [4.78, 5) is 13.2. The van der Waals surface area contributed by atoms with E-state index in [1.54, 1.807) is 6.20 Å². The predicted octanol–water partition coefficient (Wildman–Crippen LogP) is 3.40. The molecule has 0 amide bonds. The van der Waals surface area contributed by atoms with Crippen LogP contribution in [0.4, 0.5) is 5.69 Å². The van der Waals surface area contributed by atoms with Crippen LogP contribution in [0.1, 0.15) is 0 Å². The molecule has 2 aromatic carbocycles. The van der Waals surface area contributed by atoms with Crippen molar-refractivity contribution >= 4 is 16.9 Å². The van der Waals surface area contributed by atoms with Crippen LogP contribution in [-0.4, -0.2) is 30.9 Å². The largest absolute Gasteiger partial charge is 0.370 e. The quantitative estimate of drug-likeness (QED) is 0.429. The Morgan fingerprint density at radius 1 is 1.12 bits per heavy atom. The van der Waals surface area contributed by atoms with E-state index < -0.39 is 6.23 Å². The summed E-state index contributed by atoms with van der Waals surface area (Å²) in [5, 5.41) is 12.7. The molecule has 0 aliphatic rings. The molecule has 128 valence electrons. The number of aliphatic hydroxyl groups is 1. The molecule has 2 aromatic heterocycles. The topological polar surface area (TPSA) is 75.9 Å². The third-order valence-corrected chi connectivity index (χ3v) is 4.00. The lowest BCUT2D eigenvalue weighted by Crippen LogP contribution is -2.15. The second-order valence-electron chi connectivity index (χ2n) is 5.74. The minimum atomic E-state index is -0.819. The van der Waals surface area contributed by atoms with Crippen LogP contribution in [0.25, 0.3) is 28.2 Å². The fraction of sp³-hybridized carbons (Fsp3) is 0.0500. The number of rotatable bonds is 5. The van der Waals surface area contributed by atoms with Crippen molar-refractivity contribution in [1.29, 1.82) is 0 Å². The van der Waals surface area contributed by atoms with Gasteiger partial charge in [0.15, 0.2) is 5.65 Å². The van der Waals surface area contributed by atoms with E-state index in [9.17, 15) is 5.11 Å². The maximum absolute atomic E-state index is 9.77. The van der Waals surface area contributed by atoms with E-state index in [2.05, 4.69) is 21.9 Å². The molecule has 4 rings (SSSR count). The first-order chi connectivity index (χ1) is 12.8. The number of hydrogen-bond donors (Lipinski definition) is 2. The molecule has 0 fully saturated rings. The number of imidazole rings is 1. The van der Waals surface area contributed by atoms with Gasteiger partial charge in [0.25, 0.3) is 0 Å². The molecule has 1 unspecified atom stereocenters. The number of nitrogens with zero attached hydrogens (tertiary/aromatic N) is 4. The molecular formula is C20H17N5O. The van der Waals surface area contributed by atoms with Gasteiger partial charge in [-0.15, -0.1) is 0 Å². The zero-order valence-corrected chi connectivity index (χ0v) is 13.9. The Bertz CT molecular complexity index is 1060. The molecular weight excluding hydrogens is 326 g/mol. The van der Waals surface area contributed by atoms with Crippen LogP contribution in [0.5, 0.6) is 0 Å². The van der Waals surface area contributed by atoms with Gasteiger partial charge in [0, 0.05) is 11.3 Å². The Morgan fingerprint density at radius 3 is 2.77 bits per heavy atom. The number of aromatic nitrogens is 4. The Kier molecular flexibility index (Phi) is 4.17. The van der Waals surface area contributed by atoms with Crippen LogP contribution in [0.2, 0.25) is 0 Å². The van der Waals surface area contributed by atoms with Crippen LogP contribution < -0.4 is 5.32 Å². The smallest absolute Gasteiger partial charge is 0.168 e. The second kappa shape index (κ2) is 6.78. The van der Waals surface area contributed by atoms with Gasteiger partial charge >= 0.3 is 0 Å². The highest BCUT2D eigenvalue weighted by Crippen LogP contribution is 2.28. The lowest BCUT2D eigenvalue weighted by Gasteiger charge is -2.13. The highest BCUT2D eigenvalue weighted by molar-refractivity contribution is 5.79. The second-order valence-corrected chi connectivity index (χ2v) is 5.74. The molecule has 0 saturated carbocycles. The molecule has 1 atom stereocenters. The number of fused-ring (bicyclic) bond motifs is 1. The molecule has 0 radical (unpaired) electrons. The normalized spacial score (nSPS) is 12.0. The van der Waals surface area contributed by atoms with Crippen molar-refractivity contribution in [1.82, 2.24) is 19.5 Å². The predicted molar refractivity (Wildman–Crippen MR) is 102 cm³/mol. The maximum atomic E-state index is 9.77. The summed E-state index contributed by atoms with van der Waals surface area (Å²) in [5.74, 6) is 0.780. The average Bonchev–Trinajstić information content (AvgIpc) is 3.08. The molecule has 0 bridgehead atoms. The van der Waals surface area contributed by atoms with E-state index in [0.29, 0.717) is 0 Å². The molecule has 26 heavy (non-hydrogen) atoms. The van der Waals surface area contributed by atoms with E-state index in [1.807, 2.05) is 59.2 Å². The van der Waals surface area contributed by atoms with Crippen molar-refractivity contribution in [2.24, 2.45) is 0 Å². The van der Waals surface area contributed by atoms with Gasteiger partial charge < -0.3 is 10.4 Å². The van der Waals surface area contributed by atoms with Gasteiger partial charge in [-0.3, -0.25) is 4.57 Å². The summed E-state index contributed by atoms with van der Waals surface area (Å²) in [6.07, 6.45) is 3.83. The van der Waals surface area contributed by atoms with E-state index >= 15 is 0 Å². The molecule has 6 heteroatoms. The third kappa shape index (κ3) is 2.94. The van der Waals surface area contributed by atoms with Crippen LogP contribution in [-0.2, 0) is 0 Å². The molecule has 0 spiro atoms. The summed E-state index contributed by atoms with van der Waals surface area (Å²) in [6, 6.07) is 17.6. The first-order valence-electron chi connectivity index (χ1n) is 8.18. The van der Waals surface area contributed by atoms with Gasteiger partial charge in [0.05, 0.1) is 11.9 Å². The molecule has 0 aliphatic heterocycles. The van der Waals surface area contributed by atoms with Crippen molar-refractivity contribution in [3.63, 3.8) is 0 Å². The van der Waals surface area contributed by atoms with E-state index in [4.69, 9.17) is 4.98 Å². The average molecular weight is 343 g/mol. The first kappa shape index (κ1) is 16.0. The monoisotopic (exact) mass is 343 g/mol. The molecule has 2 N–H and O–H groups in total. The fourth-order valence-corrected chi connectivity index (χ4v) is 2.82. The van der Waals surface area contributed by atoms with E-state index in [1.165, 1.54) is 12.4 Å². The van der Waals surface area contributed by atoms with Crippen molar-refractivity contribution in [3.8, 4) is 17.1 Å². The number of nitrogens with one attached hydrogen (secondary N) is 1. The Hall–Kier alpha value is -3.51. The van der Waals surface area contributed by atoms with Crippen LogP contribution >= 0.6 is 0 Å². The number of aliphatic hydroxyl groups excluding tert-OH is 1. The van der Waals surface area contributed by atoms with Gasteiger partial charge in [-0.25, -0.2) is 15.0 Å². The van der Waals surface area contributed by atoms with Crippen LogP contribution in [0.3, 0.4) is 0 Å². The van der Waals surface area contributed by atoms with E-state index in [-0.39, 0.29) is 0 Å². The van der Waals surface area contributed by atoms with Crippen LogP contribution in [0.15, 0.2) is 79.8 Å². The highest BCUT2D eigenvalue weighted by Gasteiger charge is 2.15. The number of benzene rings is 2. The lowest BCUT2D eigenvalue weighted by atomic mass is 10.2. The molecule has 0 aliphatic carbocycles. The highest BCUT2D eigenvalue weighted by atomic mass is 16.3.